The Labute approximate surface area is 85.5 Å². The molecule has 0 aliphatic rings. The maximum Gasteiger partial charge on any atom is 0.262 e. The van der Waals surface area contributed by atoms with Crippen LogP contribution in [0.15, 0.2) is 21.5 Å². The van der Waals surface area contributed by atoms with Gasteiger partial charge in [-0.2, -0.15) is 0 Å². The minimum atomic E-state index is -0.125. The van der Waals surface area contributed by atoms with Gasteiger partial charge in [-0.15, -0.1) is 0 Å². The van der Waals surface area contributed by atoms with Crippen molar-refractivity contribution >= 4 is 15.9 Å². The van der Waals surface area contributed by atoms with E-state index >= 15 is 0 Å². The molecule has 3 N–H and O–H groups in total. The number of halogens is 1. The molecule has 0 unspecified atom stereocenters. The largest absolute Gasteiger partial charge is 0.328 e. The first-order valence-electron chi connectivity index (χ1n) is 4.16. The van der Waals surface area contributed by atoms with Gasteiger partial charge in [-0.05, 0) is 33.5 Å². The standard InChI is InChI=1S/C9H13BrN2O/c1-5(2)8(11)6-3-7(10)9(13)12-4-6/h3-5,8H,11H2,1-2H3,(H,12,13)/t8-/m1/s1. The van der Waals surface area contributed by atoms with E-state index in [1.807, 2.05) is 13.8 Å². The van der Waals surface area contributed by atoms with E-state index in [-0.39, 0.29) is 11.6 Å². The molecule has 0 fully saturated rings. The molecule has 0 saturated heterocycles. The minimum Gasteiger partial charge on any atom is -0.328 e. The summed E-state index contributed by atoms with van der Waals surface area (Å²) in [6.45, 7) is 4.09. The number of hydrogen-bond donors (Lipinski definition) is 2. The summed E-state index contributed by atoms with van der Waals surface area (Å²) in [4.78, 5) is 13.6. The van der Waals surface area contributed by atoms with Crippen LogP contribution in [0, 0.1) is 5.92 Å². The first kappa shape index (κ1) is 10.5. The third-order valence-corrected chi connectivity index (χ3v) is 2.57. The van der Waals surface area contributed by atoms with Crippen LogP contribution in [-0.2, 0) is 0 Å². The molecule has 1 aromatic rings. The summed E-state index contributed by atoms with van der Waals surface area (Å²) in [6.07, 6.45) is 1.66. The number of nitrogens with two attached hydrogens (primary N) is 1. The SMILES string of the molecule is CC(C)[C@@H](N)c1c[nH]c(=O)c(Br)c1. The Kier molecular flexibility index (Phi) is 3.27. The molecule has 3 nitrogen and oxygen atoms in total. The van der Waals surface area contributed by atoms with Crippen LogP contribution in [0.4, 0.5) is 0 Å². The van der Waals surface area contributed by atoms with Crippen molar-refractivity contribution in [1.29, 1.82) is 0 Å². The quantitative estimate of drug-likeness (QED) is 0.834. The number of aromatic nitrogens is 1. The molecule has 1 atom stereocenters. The van der Waals surface area contributed by atoms with Gasteiger partial charge in [-0.1, -0.05) is 13.8 Å². The van der Waals surface area contributed by atoms with Crippen molar-refractivity contribution in [2.24, 2.45) is 11.7 Å². The van der Waals surface area contributed by atoms with Crippen LogP contribution in [0.25, 0.3) is 0 Å². The Morgan fingerprint density at radius 1 is 1.54 bits per heavy atom. The Balaban J connectivity index is 3.04. The fourth-order valence-corrected chi connectivity index (χ4v) is 1.43. The zero-order valence-electron chi connectivity index (χ0n) is 7.67. The van der Waals surface area contributed by atoms with Crippen molar-refractivity contribution < 1.29 is 0 Å². The van der Waals surface area contributed by atoms with Gasteiger partial charge in [0.1, 0.15) is 0 Å². The van der Waals surface area contributed by atoms with Crippen LogP contribution in [0.5, 0.6) is 0 Å². The minimum absolute atomic E-state index is 0.0341. The second kappa shape index (κ2) is 4.07. The molecule has 0 amide bonds. The first-order chi connectivity index (χ1) is 6.02. The highest BCUT2D eigenvalue weighted by atomic mass is 79.9. The molecule has 72 valence electrons. The van der Waals surface area contributed by atoms with E-state index < -0.39 is 0 Å². The predicted octanol–water partition coefficient (Wildman–Crippen LogP) is 1.79. The van der Waals surface area contributed by atoms with E-state index in [9.17, 15) is 4.79 Å². The van der Waals surface area contributed by atoms with Crippen LogP contribution in [0.2, 0.25) is 0 Å². The molecular formula is C9H13BrN2O. The molecular weight excluding hydrogens is 232 g/mol. The van der Waals surface area contributed by atoms with Gasteiger partial charge in [-0.25, -0.2) is 0 Å². The first-order valence-corrected chi connectivity index (χ1v) is 4.95. The lowest BCUT2D eigenvalue weighted by Crippen LogP contribution is -2.18. The van der Waals surface area contributed by atoms with Gasteiger partial charge in [0.2, 0.25) is 0 Å². The molecule has 0 aliphatic heterocycles. The van der Waals surface area contributed by atoms with E-state index in [0.29, 0.717) is 10.4 Å². The van der Waals surface area contributed by atoms with E-state index in [1.165, 1.54) is 0 Å². The van der Waals surface area contributed by atoms with Crippen molar-refractivity contribution in [3.63, 3.8) is 0 Å². The molecule has 0 bridgehead atoms. The summed E-state index contributed by atoms with van der Waals surface area (Å²) >= 11 is 3.16. The van der Waals surface area contributed by atoms with Gasteiger partial charge >= 0.3 is 0 Å². The van der Waals surface area contributed by atoms with Crippen LogP contribution in [-0.4, -0.2) is 4.98 Å². The average Bonchev–Trinajstić information content (AvgIpc) is 2.08. The Morgan fingerprint density at radius 3 is 2.62 bits per heavy atom. The third-order valence-electron chi connectivity index (χ3n) is 1.98. The van der Waals surface area contributed by atoms with Gasteiger partial charge in [0.15, 0.2) is 0 Å². The average molecular weight is 245 g/mol. The summed E-state index contributed by atoms with van der Waals surface area (Å²) in [6, 6.07) is 1.73. The van der Waals surface area contributed by atoms with Crippen LogP contribution >= 0.6 is 15.9 Å². The molecule has 0 radical (unpaired) electrons. The fraction of sp³-hybridized carbons (Fsp3) is 0.444. The fourth-order valence-electron chi connectivity index (χ4n) is 1.05. The highest BCUT2D eigenvalue weighted by molar-refractivity contribution is 9.10. The zero-order chi connectivity index (χ0) is 10.0. The van der Waals surface area contributed by atoms with Gasteiger partial charge in [-0.3, -0.25) is 4.79 Å². The van der Waals surface area contributed by atoms with Crippen molar-refractivity contribution in [2.75, 3.05) is 0 Å². The van der Waals surface area contributed by atoms with Crippen molar-refractivity contribution in [3.05, 3.63) is 32.7 Å². The summed E-state index contributed by atoms with van der Waals surface area (Å²) < 4.78 is 0.529. The third kappa shape index (κ3) is 2.42. The molecule has 1 aromatic heterocycles. The number of pyridine rings is 1. The van der Waals surface area contributed by atoms with Gasteiger partial charge in [0, 0.05) is 12.2 Å². The van der Waals surface area contributed by atoms with E-state index in [0.717, 1.165) is 5.56 Å². The molecule has 0 aromatic carbocycles. The lowest BCUT2D eigenvalue weighted by atomic mass is 9.99. The number of aromatic amines is 1. The predicted molar refractivity (Wildman–Crippen MR) is 56.5 cm³/mol. The van der Waals surface area contributed by atoms with E-state index in [2.05, 4.69) is 20.9 Å². The van der Waals surface area contributed by atoms with Crippen LogP contribution in [0.3, 0.4) is 0 Å². The molecule has 0 spiro atoms. The lowest BCUT2D eigenvalue weighted by Gasteiger charge is -2.15. The van der Waals surface area contributed by atoms with Crippen molar-refractivity contribution in [1.82, 2.24) is 4.98 Å². The summed E-state index contributed by atoms with van der Waals surface area (Å²) in [5, 5.41) is 0. The molecule has 0 aliphatic carbocycles. The second-order valence-corrected chi connectivity index (χ2v) is 4.23. The van der Waals surface area contributed by atoms with Crippen LogP contribution < -0.4 is 11.3 Å². The number of rotatable bonds is 2. The van der Waals surface area contributed by atoms with E-state index in [4.69, 9.17) is 5.73 Å². The smallest absolute Gasteiger partial charge is 0.262 e. The van der Waals surface area contributed by atoms with Crippen molar-refractivity contribution in [3.8, 4) is 0 Å². The zero-order valence-corrected chi connectivity index (χ0v) is 9.26. The number of nitrogens with one attached hydrogen (secondary N) is 1. The van der Waals surface area contributed by atoms with Crippen molar-refractivity contribution in [2.45, 2.75) is 19.9 Å². The summed E-state index contributed by atoms with van der Waals surface area (Å²) in [5.74, 6) is 0.359. The summed E-state index contributed by atoms with van der Waals surface area (Å²) in [5.41, 5.74) is 6.73. The molecule has 1 heterocycles. The lowest BCUT2D eigenvalue weighted by molar-refractivity contribution is 0.512. The highest BCUT2D eigenvalue weighted by Gasteiger charge is 2.11. The Bertz CT molecular complexity index is 346. The highest BCUT2D eigenvalue weighted by Crippen LogP contribution is 2.18. The Morgan fingerprint density at radius 2 is 2.15 bits per heavy atom. The number of H-pyrrole nitrogens is 1. The maximum atomic E-state index is 11.0. The normalized spacial score (nSPS) is 13.3. The van der Waals surface area contributed by atoms with Gasteiger partial charge < -0.3 is 10.7 Å². The van der Waals surface area contributed by atoms with Gasteiger partial charge in [0.25, 0.3) is 5.56 Å². The molecule has 4 heteroatoms. The van der Waals surface area contributed by atoms with Gasteiger partial charge in [0.05, 0.1) is 4.47 Å². The van der Waals surface area contributed by atoms with Crippen LogP contribution in [0.1, 0.15) is 25.5 Å². The second-order valence-electron chi connectivity index (χ2n) is 3.38. The maximum absolute atomic E-state index is 11.0. The molecule has 13 heavy (non-hydrogen) atoms. The summed E-state index contributed by atoms with van der Waals surface area (Å²) in [7, 11) is 0. The molecule has 0 saturated carbocycles. The Hall–Kier alpha value is -0.610. The van der Waals surface area contributed by atoms with E-state index in [1.54, 1.807) is 12.3 Å². The number of hydrogen-bond acceptors (Lipinski definition) is 2. The monoisotopic (exact) mass is 244 g/mol. The topological polar surface area (TPSA) is 58.9 Å². The molecule has 1 rings (SSSR count).